The Morgan fingerprint density at radius 1 is 1.38 bits per heavy atom. The van der Waals surface area contributed by atoms with Crippen LogP contribution in [-0.4, -0.2) is 33.7 Å². The Balaban J connectivity index is 1.79. The average Bonchev–Trinajstić information content (AvgIpc) is 2.94. The molecule has 3 atom stereocenters. The van der Waals surface area contributed by atoms with Crippen molar-refractivity contribution in [2.75, 3.05) is 0 Å². The summed E-state index contributed by atoms with van der Waals surface area (Å²) in [7, 11) is 0. The van der Waals surface area contributed by atoms with E-state index >= 15 is 0 Å². The summed E-state index contributed by atoms with van der Waals surface area (Å²) >= 11 is 3.48. The van der Waals surface area contributed by atoms with Crippen molar-refractivity contribution in [3.8, 4) is 0 Å². The van der Waals surface area contributed by atoms with Crippen molar-refractivity contribution in [2.45, 2.75) is 63.6 Å². The van der Waals surface area contributed by atoms with Gasteiger partial charge in [-0.1, -0.05) is 0 Å². The molecule has 1 unspecified atom stereocenters. The Bertz CT molecular complexity index is 555. The molecule has 2 bridgehead atoms. The van der Waals surface area contributed by atoms with Gasteiger partial charge in [-0.15, -0.1) is 0 Å². The smallest absolute Gasteiger partial charge is 0.410 e. The van der Waals surface area contributed by atoms with Crippen LogP contribution in [0, 0.1) is 0 Å². The SMILES string of the molecule is CC(C)(C)OC(=O)N1[C@H]2CC[C@@H]1C(c1cncc(Br)c1)C2. The molecule has 0 aliphatic carbocycles. The maximum Gasteiger partial charge on any atom is 0.410 e. The second-order valence-corrected chi connectivity index (χ2v) is 7.88. The lowest BCUT2D eigenvalue weighted by Crippen LogP contribution is -2.40. The number of rotatable bonds is 1. The van der Waals surface area contributed by atoms with E-state index in [2.05, 4.69) is 27.0 Å². The van der Waals surface area contributed by atoms with Crippen LogP contribution >= 0.6 is 15.9 Å². The molecule has 2 fully saturated rings. The molecule has 1 amide bonds. The van der Waals surface area contributed by atoms with Crippen LogP contribution in [0.4, 0.5) is 4.79 Å². The summed E-state index contributed by atoms with van der Waals surface area (Å²) in [5.41, 5.74) is 0.775. The van der Waals surface area contributed by atoms with E-state index in [0.717, 1.165) is 23.7 Å². The molecule has 0 radical (unpaired) electrons. The number of aromatic nitrogens is 1. The van der Waals surface area contributed by atoms with Gasteiger partial charge < -0.3 is 9.64 Å². The topological polar surface area (TPSA) is 42.4 Å². The van der Waals surface area contributed by atoms with E-state index in [-0.39, 0.29) is 12.1 Å². The van der Waals surface area contributed by atoms with Crippen LogP contribution in [0.5, 0.6) is 0 Å². The van der Waals surface area contributed by atoms with Gasteiger partial charge in [0.25, 0.3) is 0 Å². The first kappa shape index (κ1) is 14.8. The summed E-state index contributed by atoms with van der Waals surface area (Å²) < 4.78 is 6.56. The molecule has 3 heterocycles. The number of hydrogen-bond donors (Lipinski definition) is 0. The predicted molar refractivity (Wildman–Crippen MR) is 84.2 cm³/mol. The van der Waals surface area contributed by atoms with Gasteiger partial charge in [0.1, 0.15) is 5.60 Å². The monoisotopic (exact) mass is 352 g/mol. The molecule has 4 nitrogen and oxygen atoms in total. The molecule has 2 aliphatic rings. The van der Waals surface area contributed by atoms with E-state index < -0.39 is 5.60 Å². The third kappa shape index (κ3) is 2.93. The minimum Gasteiger partial charge on any atom is -0.444 e. The standard InChI is InChI=1S/C16H21BrN2O2/c1-16(2,3)21-15(20)19-12-4-5-14(19)13(7-12)10-6-11(17)9-18-8-10/h6,8-9,12-14H,4-5,7H2,1-3H3/t12-,13?,14+/m0/s1. The van der Waals surface area contributed by atoms with Crippen molar-refractivity contribution in [3.63, 3.8) is 0 Å². The average molecular weight is 353 g/mol. The molecular formula is C16H21BrN2O2. The molecule has 21 heavy (non-hydrogen) atoms. The van der Waals surface area contributed by atoms with Gasteiger partial charge >= 0.3 is 6.09 Å². The van der Waals surface area contributed by atoms with Crippen LogP contribution in [0.25, 0.3) is 0 Å². The first-order chi connectivity index (χ1) is 9.85. The highest BCUT2D eigenvalue weighted by atomic mass is 79.9. The number of carbonyl (C=O) groups is 1. The lowest BCUT2D eigenvalue weighted by molar-refractivity contribution is 0.0213. The quantitative estimate of drug-likeness (QED) is 0.763. The molecule has 0 aromatic carbocycles. The number of amides is 1. The molecule has 114 valence electrons. The maximum absolute atomic E-state index is 12.4. The van der Waals surface area contributed by atoms with Crippen molar-refractivity contribution in [2.24, 2.45) is 0 Å². The van der Waals surface area contributed by atoms with Crippen LogP contribution < -0.4 is 0 Å². The predicted octanol–water partition coefficient (Wildman–Crippen LogP) is 4.10. The summed E-state index contributed by atoms with van der Waals surface area (Å²) in [6.07, 6.45) is 6.71. The summed E-state index contributed by atoms with van der Waals surface area (Å²) in [4.78, 5) is 18.7. The number of halogens is 1. The molecule has 1 aromatic rings. The Labute approximate surface area is 134 Å². The molecule has 3 rings (SSSR count). The summed E-state index contributed by atoms with van der Waals surface area (Å²) in [5.74, 6) is 0.376. The van der Waals surface area contributed by atoms with Gasteiger partial charge in [-0.25, -0.2) is 4.79 Å². The minimum absolute atomic E-state index is 0.166. The fourth-order valence-electron chi connectivity index (χ4n) is 3.58. The molecule has 1 aromatic heterocycles. The second-order valence-electron chi connectivity index (χ2n) is 6.96. The minimum atomic E-state index is -0.439. The van der Waals surface area contributed by atoms with Gasteiger partial charge in [0, 0.05) is 34.9 Å². The van der Waals surface area contributed by atoms with Crippen LogP contribution in [0.3, 0.4) is 0 Å². The van der Waals surface area contributed by atoms with Crippen LogP contribution in [0.2, 0.25) is 0 Å². The molecule has 0 saturated carbocycles. The van der Waals surface area contributed by atoms with E-state index in [1.807, 2.05) is 31.9 Å². The fourth-order valence-corrected chi connectivity index (χ4v) is 3.96. The van der Waals surface area contributed by atoms with E-state index in [9.17, 15) is 4.79 Å². The zero-order chi connectivity index (χ0) is 15.2. The number of ether oxygens (including phenoxy) is 1. The van der Waals surface area contributed by atoms with Gasteiger partial charge in [0.2, 0.25) is 0 Å². The zero-order valence-electron chi connectivity index (χ0n) is 12.7. The van der Waals surface area contributed by atoms with Gasteiger partial charge in [-0.2, -0.15) is 0 Å². The fraction of sp³-hybridized carbons (Fsp3) is 0.625. The Kier molecular flexibility index (Phi) is 3.72. The zero-order valence-corrected chi connectivity index (χ0v) is 14.3. The van der Waals surface area contributed by atoms with Gasteiger partial charge in [-0.3, -0.25) is 4.98 Å². The molecule has 5 heteroatoms. The number of fused-ring (bicyclic) bond motifs is 2. The third-order valence-corrected chi connectivity index (χ3v) is 4.73. The largest absolute Gasteiger partial charge is 0.444 e. The van der Waals surface area contributed by atoms with E-state index in [0.29, 0.717) is 12.0 Å². The first-order valence-corrected chi connectivity index (χ1v) is 8.26. The highest BCUT2D eigenvalue weighted by Gasteiger charge is 2.50. The van der Waals surface area contributed by atoms with Crippen LogP contribution in [0.1, 0.15) is 51.5 Å². The van der Waals surface area contributed by atoms with Gasteiger partial charge in [0.15, 0.2) is 0 Å². The summed E-state index contributed by atoms with van der Waals surface area (Å²) in [6, 6.07) is 2.68. The summed E-state index contributed by atoms with van der Waals surface area (Å²) in [5, 5.41) is 0. The number of hydrogen-bond acceptors (Lipinski definition) is 3. The molecule has 0 N–H and O–H groups in total. The third-order valence-electron chi connectivity index (χ3n) is 4.30. The van der Waals surface area contributed by atoms with Crippen molar-refractivity contribution in [1.82, 2.24) is 9.88 Å². The number of carbonyl (C=O) groups excluding carboxylic acids is 1. The number of nitrogens with zero attached hydrogens (tertiary/aromatic N) is 2. The van der Waals surface area contributed by atoms with Crippen molar-refractivity contribution < 1.29 is 9.53 Å². The Morgan fingerprint density at radius 2 is 2.14 bits per heavy atom. The van der Waals surface area contributed by atoms with E-state index in [4.69, 9.17) is 4.74 Å². The van der Waals surface area contributed by atoms with Gasteiger partial charge in [0.05, 0.1) is 0 Å². The highest BCUT2D eigenvalue weighted by molar-refractivity contribution is 9.10. The Hall–Kier alpha value is -1.10. The van der Waals surface area contributed by atoms with Crippen molar-refractivity contribution in [3.05, 3.63) is 28.5 Å². The normalized spacial score (nSPS) is 28.0. The molecule has 2 saturated heterocycles. The van der Waals surface area contributed by atoms with Crippen LogP contribution in [-0.2, 0) is 4.74 Å². The van der Waals surface area contributed by atoms with Gasteiger partial charge in [-0.05, 0) is 67.6 Å². The second kappa shape index (κ2) is 5.27. The lowest BCUT2D eigenvalue weighted by atomic mass is 9.85. The van der Waals surface area contributed by atoms with E-state index in [1.165, 1.54) is 5.56 Å². The summed E-state index contributed by atoms with van der Waals surface area (Å²) in [6.45, 7) is 5.75. The molecule has 0 spiro atoms. The van der Waals surface area contributed by atoms with Crippen molar-refractivity contribution >= 4 is 22.0 Å². The molecule has 2 aliphatic heterocycles. The first-order valence-electron chi connectivity index (χ1n) is 7.47. The Morgan fingerprint density at radius 3 is 2.81 bits per heavy atom. The van der Waals surface area contributed by atoms with Crippen molar-refractivity contribution in [1.29, 1.82) is 0 Å². The number of pyridine rings is 1. The van der Waals surface area contributed by atoms with E-state index in [1.54, 1.807) is 6.20 Å². The molecular weight excluding hydrogens is 332 g/mol. The van der Waals surface area contributed by atoms with Crippen LogP contribution in [0.15, 0.2) is 22.9 Å². The maximum atomic E-state index is 12.4. The highest BCUT2D eigenvalue weighted by Crippen LogP contribution is 2.47. The lowest BCUT2D eigenvalue weighted by Gasteiger charge is -2.28.